The Labute approximate surface area is 263 Å². The molecule has 0 aliphatic rings. The Hall–Kier alpha value is -4.10. The Morgan fingerprint density at radius 2 is 1.09 bits per heavy atom. The van der Waals surface area contributed by atoms with Crippen LogP contribution in [0.2, 0.25) is 0 Å². The molecule has 0 unspecified atom stereocenters. The number of unbranched alkanes of at least 4 members (excludes halogenated alkanes) is 3. The average Bonchev–Trinajstić information content (AvgIpc) is 3.05. The zero-order valence-corrected chi connectivity index (χ0v) is 26.8. The normalized spacial score (nSPS) is 11.5. The lowest BCUT2D eigenvalue weighted by atomic mass is 10.2. The molecule has 4 rings (SSSR count). The first-order chi connectivity index (χ1) is 21.5. The number of phenols is 1. The van der Waals surface area contributed by atoms with Crippen LogP contribution in [-0.4, -0.2) is 30.9 Å². The zero-order valence-electron chi connectivity index (χ0n) is 26.0. The van der Waals surface area contributed by atoms with Crippen LogP contribution in [0.25, 0.3) is 0 Å². The minimum absolute atomic E-state index is 0.0812. The van der Waals surface area contributed by atoms with Crippen LogP contribution in [0.3, 0.4) is 0 Å². The van der Waals surface area contributed by atoms with Crippen molar-refractivity contribution in [3.63, 3.8) is 0 Å². The van der Waals surface area contributed by atoms with E-state index in [4.69, 9.17) is 18.4 Å². The van der Waals surface area contributed by atoms with Gasteiger partial charge in [0, 0.05) is 32.2 Å². The van der Waals surface area contributed by atoms with Crippen molar-refractivity contribution in [2.45, 2.75) is 74.0 Å². The molecule has 44 heavy (non-hydrogen) atoms. The summed E-state index contributed by atoms with van der Waals surface area (Å²) in [5.41, 5.74) is 0.0812. The van der Waals surface area contributed by atoms with E-state index in [1.807, 2.05) is 72.8 Å². The van der Waals surface area contributed by atoms with Crippen molar-refractivity contribution in [2.75, 3.05) is 19.8 Å². The van der Waals surface area contributed by atoms with Gasteiger partial charge in [-0.25, -0.2) is 4.79 Å². The van der Waals surface area contributed by atoms with Gasteiger partial charge in [0.25, 0.3) is 0 Å². The highest BCUT2D eigenvalue weighted by Gasteiger charge is 2.42. The van der Waals surface area contributed by atoms with E-state index in [2.05, 4.69) is 20.8 Å². The molecule has 0 atom stereocenters. The van der Waals surface area contributed by atoms with Gasteiger partial charge in [-0.1, -0.05) is 88.6 Å². The molecule has 6 nitrogen and oxygen atoms in total. The van der Waals surface area contributed by atoms with Gasteiger partial charge in [0.1, 0.15) is 33.5 Å². The molecule has 7 heteroatoms. The van der Waals surface area contributed by atoms with Gasteiger partial charge < -0.3 is 23.5 Å². The molecular weight excluding hydrogens is 572 g/mol. The number of benzene rings is 4. The van der Waals surface area contributed by atoms with Crippen LogP contribution in [0, 0.1) is 0 Å². The fourth-order valence-electron chi connectivity index (χ4n) is 4.66. The smallest absolute Gasteiger partial charge is 0.353 e. The number of rotatable bonds is 17. The summed E-state index contributed by atoms with van der Waals surface area (Å²) >= 11 is 0. The van der Waals surface area contributed by atoms with Gasteiger partial charge in [0.2, 0.25) is 0 Å². The van der Waals surface area contributed by atoms with Gasteiger partial charge in [-0.2, -0.15) is 0 Å². The van der Waals surface area contributed by atoms with E-state index in [-0.39, 0.29) is 11.3 Å². The first-order valence-electron chi connectivity index (χ1n) is 15.6. The van der Waals surface area contributed by atoms with Crippen LogP contribution in [0.5, 0.6) is 23.0 Å². The molecule has 1 N–H and O–H groups in total. The van der Waals surface area contributed by atoms with Crippen molar-refractivity contribution in [1.29, 1.82) is 0 Å². The Bertz CT molecular complexity index is 1390. The maximum absolute atomic E-state index is 14.1. The van der Waals surface area contributed by atoms with Crippen molar-refractivity contribution in [3.8, 4) is 23.0 Å². The minimum Gasteiger partial charge on any atom is -0.507 e. The third-order valence-corrected chi connectivity index (χ3v) is 10.3. The minimum atomic E-state index is -2.84. The van der Waals surface area contributed by atoms with E-state index in [0.29, 0.717) is 42.0 Å². The number of hydrogen-bond donors (Lipinski definition) is 1. The Morgan fingerprint density at radius 1 is 0.636 bits per heavy atom. The highest BCUT2D eigenvalue weighted by Crippen LogP contribution is 2.74. The lowest BCUT2D eigenvalue weighted by Gasteiger charge is -2.41. The summed E-state index contributed by atoms with van der Waals surface area (Å²) in [4.78, 5) is 16.3. The summed E-state index contributed by atoms with van der Waals surface area (Å²) < 4.78 is 26.1. The fraction of sp³-hybridized carbons (Fsp3) is 0.324. The van der Waals surface area contributed by atoms with Crippen molar-refractivity contribution in [1.82, 2.24) is 0 Å². The molecule has 0 saturated carbocycles. The van der Waals surface area contributed by atoms with Gasteiger partial charge in [-0.15, -0.1) is 0 Å². The summed E-state index contributed by atoms with van der Waals surface area (Å²) in [5, 5.41) is 10.7. The SMILES string of the molecule is CCCCOc1cc(OCCCC)c(S(OC(=O)c2ccccc2O)(c2ccccc2)c2ccccc2)c(OCCCC)c1. The number of phenolic OH excluding ortho intramolecular Hbond substituents is 1. The second kappa shape index (κ2) is 16.7. The van der Waals surface area contributed by atoms with E-state index in [9.17, 15) is 9.90 Å². The second-order valence-corrected chi connectivity index (χ2v) is 13.1. The van der Waals surface area contributed by atoms with E-state index in [1.54, 1.807) is 18.2 Å². The van der Waals surface area contributed by atoms with Crippen LogP contribution in [0.1, 0.15) is 69.7 Å². The van der Waals surface area contributed by atoms with E-state index < -0.39 is 16.3 Å². The van der Waals surface area contributed by atoms with Gasteiger partial charge in [-0.05, 0) is 55.7 Å². The molecule has 0 bridgehead atoms. The summed E-state index contributed by atoms with van der Waals surface area (Å²) in [6.07, 6.45) is 5.54. The zero-order chi connectivity index (χ0) is 31.2. The molecular formula is C37H44O6S. The number of carbonyl (C=O) groups excluding carboxylic acids is 1. The Balaban J connectivity index is 2.06. The summed E-state index contributed by atoms with van der Waals surface area (Å²) in [6.45, 7) is 7.88. The quantitative estimate of drug-likeness (QED) is 0.119. The maximum atomic E-state index is 14.1. The lowest BCUT2D eigenvalue weighted by molar-refractivity contribution is 0.0753. The van der Waals surface area contributed by atoms with E-state index in [0.717, 1.165) is 48.3 Å². The monoisotopic (exact) mass is 616 g/mol. The Morgan fingerprint density at radius 3 is 1.57 bits per heavy atom. The molecule has 0 aliphatic heterocycles. The standard InChI is InChI=1S/C37H44O6S/c1-4-7-24-40-29-27-34(41-25-8-5-2)36(35(28-29)42-26-9-6-3)44(30-18-12-10-13-19-30,31-20-14-11-15-21-31)43-37(39)32-22-16-17-23-33(32)38/h10-23,27-28,38H,4-9,24-26H2,1-3H3. The number of hydrogen-bond acceptors (Lipinski definition) is 6. The van der Waals surface area contributed by atoms with Crippen molar-refractivity contribution in [2.24, 2.45) is 0 Å². The first kappa shape index (κ1) is 32.8. The second-order valence-electron chi connectivity index (χ2n) is 10.4. The van der Waals surface area contributed by atoms with Crippen LogP contribution >= 0.6 is 10.3 Å². The number of aromatic hydroxyl groups is 1. The van der Waals surface area contributed by atoms with Crippen LogP contribution in [-0.2, 0) is 4.18 Å². The van der Waals surface area contributed by atoms with E-state index >= 15 is 0 Å². The number of para-hydroxylation sites is 1. The van der Waals surface area contributed by atoms with Crippen molar-refractivity contribution >= 4 is 16.3 Å². The molecule has 0 fully saturated rings. The number of ether oxygens (including phenoxy) is 3. The summed E-state index contributed by atoms with van der Waals surface area (Å²) in [7, 11) is -2.84. The van der Waals surface area contributed by atoms with Crippen molar-refractivity contribution < 1.29 is 28.3 Å². The number of carbonyl (C=O) groups is 1. The summed E-state index contributed by atoms with van der Waals surface area (Å²) in [5.74, 6) is 0.943. The topological polar surface area (TPSA) is 74.2 Å². The molecule has 4 aromatic carbocycles. The van der Waals surface area contributed by atoms with Gasteiger partial charge in [0.05, 0.1) is 19.8 Å². The third kappa shape index (κ3) is 7.88. The van der Waals surface area contributed by atoms with Gasteiger partial charge >= 0.3 is 5.97 Å². The van der Waals surface area contributed by atoms with Crippen LogP contribution < -0.4 is 14.2 Å². The first-order valence-corrected chi connectivity index (χ1v) is 17.1. The molecule has 234 valence electrons. The molecule has 0 spiro atoms. The molecule has 0 aliphatic carbocycles. The highest BCUT2D eigenvalue weighted by atomic mass is 32.3. The fourth-order valence-corrected chi connectivity index (χ4v) is 7.88. The third-order valence-electron chi connectivity index (χ3n) is 7.03. The van der Waals surface area contributed by atoms with Gasteiger partial charge in [-0.3, -0.25) is 0 Å². The molecule has 0 amide bonds. The maximum Gasteiger partial charge on any atom is 0.353 e. The largest absolute Gasteiger partial charge is 0.507 e. The molecule has 4 aromatic rings. The van der Waals surface area contributed by atoms with Crippen molar-refractivity contribution in [3.05, 3.63) is 103 Å². The molecule has 0 saturated heterocycles. The van der Waals surface area contributed by atoms with E-state index in [1.165, 1.54) is 6.07 Å². The van der Waals surface area contributed by atoms with Crippen LogP contribution in [0.15, 0.2) is 112 Å². The van der Waals surface area contributed by atoms with Crippen LogP contribution in [0.4, 0.5) is 0 Å². The molecule has 0 heterocycles. The van der Waals surface area contributed by atoms with Gasteiger partial charge in [0.15, 0.2) is 0 Å². The molecule has 0 radical (unpaired) electrons. The Kier molecular flexibility index (Phi) is 12.4. The summed E-state index contributed by atoms with van der Waals surface area (Å²) in [6, 6.07) is 29.7. The lowest BCUT2D eigenvalue weighted by Crippen LogP contribution is -2.17. The average molecular weight is 617 g/mol. The predicted octanol–water partition coefficient (Wildman–Crippen LogP) is 9.98. The highest BCUT2D eigenvalue weighted by molar-refractivity contribution is 8.30. The molecule has 0 aromatic heterocycles. The predicted molar refractivity (Wildman–Crippen MR) is 176 cm³/mol.